The van der Waals surface area contributed by atoms with Crippen LogP contribution in [0.15, 0.2) is 0 Å². The van der Waals surface area contributed by atoms with Crippen LogP contribution >= 0.6 is 0 Å². The molecule has 0 bridgehead atoms. The van der Waals surface area contributed by atoms with Crippen molar-refractivity contribution in [3.05, 3.63) is 0 Å². The third-order valence-electron chi connectivity index (χ3n) is 5.13. The average Bonchev–Trinajstić information content (AvgIpc) is 2.59. The normalized spacial score (nSPS) is 36.5. The van der Waals surface area contributed by atoms with Gasteiger partial charge in [-0.25, -0.2) is 0 Å². The van der Waals surface area contributed by atoms with Crippen LogP contribution in [-0.2, 0) is 0 Å². The Bertz CT molecular complexity index is 247. The largest absolute Gasteiger partial charge is 0.395 e. The summed E-state index contributed by atoms with van der Waals surface area (Å²) in [5, 5.41) is 9.03. The summed E-state index contributed by atoms with van der Waals surface area (Å²) >= 11 is 0. The first-order valence-corrected chi connectivity index (χ1v) is 7.78. The van der Waals surface area contributed by atoms with E-state index in [1.807, 2.05) is 0 Å². The Morgan fingerprint density at radius 2 is 1.83 bits per heavy atom. The van der Waals surface area contributed by atoms with Gasteiger partial charge < -0.3 is 5.11 Å². The summed E-state index contributed by atoms with van der Waals surface area (Å²) in [4.78, 5) is 5.13. The van der Waals surface area contributed by atoms with E-state index in [0.29, 0.717) is 6.61 Å². The average molecular weight is 254 g/mol. The molecule has 2 aliphatic rings. The van der Waals surface area contributed by atoms with Crippen molar-refractivity contribution < 1.29 is 5.11 Å². The van der Waals surface area contributed by atoms with Gasteiger partial charge in [0.25, 0.3) is 0 Å². The van der Waals surface area contributed by atoms with E-state index in [2.05, 4.69) is 23.6 Å². The predicted octanol–water partition coefficient (Wildman–Crippen LogP) is 1.81. The summed E-state index contributed by atoms with van der Waals surface area (Å²) in [6.45, 7) is 10.7. The van der Waals surface area contributed by atoms with Crippen molar-refractivity contribution in [1.82, 2.24) is 9.80 Å². The highest BCUT2D eigenvalue weighted by atomic mass is 16.3. The molecule has 106 valence electrons. The van der Waals surface area contributed by atoms with Gasteiger partial charge in [-0.05, 0) is 50.6 Å². The Balaban J connectivity index is 1.82. The highest BCUT2D eigenvalue weighted by Crippen LogP contribution is 2.32. The molecule has 3 unspecified atom stereocenters. The lowest BCUT2D eigenvalue weighted by Gasteiger charge is -2.38. The second-order valence-electron chi connectivity index (χ2n) is 6.38. The van der Waals surface area contributed by atoms with Crippen LogP contribution in [-0.4, -0.2) is 60.3 Å². The van der Waals surface area contributed by atoms with Crippen LogP contribution in [0.1, 0.15) is 39.5 Å². The number of aliphatic hydroxyl groups excluding tert-OH is 1. The Morgan fingerprint density at radius 1 is 1.00 bits per heavy atom. The van der Waals surface area contributed by atoms with E-state index in [-0.39, 0.29) is 0 Å². The zero-order valence-corrected chi connectivity index (χ0v) is 12.1. The topological polar surface area (TPSA) is 26.7 Å². The number of rotatable bonds is 3. The van der Waals surface area contributed by atoms with Crippen molar-refractivity contribution >= 4 is 0 Å². The lowest BCUT2D eigenvalue weighted by atomic mass is 9.78. The molecule has 0 amide bonds. The third kappa shape index (κ3) is 3.69. The zero-order valence-electron chi connectivity index (χ0n) is 12.1. The van der Waals surface area contributed by atoms with Crippen LogP contribution in [0.4, 0.5) is 0 Å². The maximum Gasteiger partial charge on any atom is 0.0558 e. The molecule has 0 aromatic rings. The second-order valence-corrected chi connectivity index (χ2v) is 6.38. The molecule has 1 N–H and O–H groups in total. The third-order valence-corrected chi connectivity index (χ3v) is 5.13. The summed E-state index contributed by atoms with van der Waals surface area (Å²) in [5.41, 5.74) is 0. The standard InChI is InChI=1S/C15H30N2O/c1-13-4-5-15(12-14(13)2)17-7-3-6-16(8-9-17)10-11-18/h13-15,18H,3-12H2,1-2H3. The minimum absolute atomic E-state index is 0.304. The highest BCUT2D eigenvalue weighted by molar-refractivity contribution is 4.83. The molecule has 0 aromatic heterocycles. The molecule has 3 atom stereocenters. The molecular weight excluding hydrogens is 224 g/mol. The van der Waals surface area contributed by atoms with Gasteiger partial charge in [-0.2, -0.15) is 0 Å². The van der Waals surface area contributed by atoms with Crippen molar-refractivity contribution in [3.63, 3.8) is 0 Å². The fourth-order valence-corrected chi connectivity index (χ4v) is 3.57. The molecular formula is C15H30N2O. The summed E-state index contributed by atoms with van der Waals surface area (Å²) in [7, 11) is 0. The Morgan fingerprint density at radius 3 is 2.56 bits per heavy atom. The van der Waals surface area contributed by atoms with Gasteiger partial charge in [0, 0.05) is 25.7 Å². The number of hydrogen-bond acceptors (Lipinski definition) is 3. The molecule has 0 radical (unpaired) electrons. The van der Waals surface area contributed by atoms with Crippen molar-refractivity contribution in [2.45, 2.75) is 45.6 Å². The lowest BCUT2D eigenvalue weighted by Crippen LogP contribution is -2.42. The van der Waals surface area contributed by atoms with Gasteiger partial charge in [0.1, 0.15) is 0 Å². The van der Waals surface area contributed by atoms with Gasteiger partial charge in [0.05, 0.1) is 6.61 Å². The Kier molecular flexibility index (Phi) is 5.46. The fourth-order valence-electron chi connectivity index (χ4n) is 3.57. The smallest absolute Gasteiger partial charge is 0.0558 e. The molecule has 1 heterocycles. The molecule has 0 aromatic carbocycles. The minimum Gasteiger partial charge on any atom is -0.395 e. The molecule has 1 saturated carbocycles. The fraction of sp³-hybridized carbons (Fsp3) is 1.00. The Labute approximate surface area is 112 Å². The molecule has 2 fully saturated rings. The van der Waals surface area contributed by atoms with Crippen molar-refractivity contribution in [3.8, 4) is 0 Å². The number of aliphatic hydroxyl groups is 1. The first-order valence-electron chi connectivity index (χ1n) is 7.78. The quantitative estimate of drug-likeness (QED) is 0.832. The summed E-state index contributed by atoms with van der Waals surface area (Å²) in [6, 6.07) is 0.824. The molecule has 1 aliphatic carbocycles. The van der Waals surface area contributed by atoms with E-state index < -0.39 is 0 Å². The van der Waals surface area contributed by atoms with Crippen LogP contribution in [0.5, 0.6) is 0 Å². The van der Waals surface area contributed by atoms with Crippen LogP contribution < -0.4 is 0 Å². The van der Waals surface area contributed by atoms with E-state index in [1.165, 1.54) is 38.8 Å². The predicted molar refractivity (Wildman–Crippen MR) is 75.7 cm³/mol. The van der Waals surface area contributed by atoms with Gasteiger partial charge in [-0.3, -0.25) is 9.80 Å². The summed E-state index contributed by atoms with van der Waals surface area (Å²) < 4.78 is 0. The van der Waals surface area contributed by atoms with Crippen molar-refractivity contribution in [1.29, 1.82) is 0 Å². The van der Waals surface area contributed by atoms with Crippen LogP contribution in [0, 0.1) is 11.8 Å². The number of nitrogens with zero attached hydrogens (tertiary/aromatic N) is 2. The van der Waals surface area contributed by atoms with E-state index in [4.69, 9.17) is 5.11 Å². The second kappa shape index (κ2) is 6.88. The summed E-state index contributed by atoms with van der Waals surface area (Å²) in [5.74, 6) is 1.81. The van der Waals surface area contributed by atoms with E-state index in [9.17, 15) is 0 Å². The Hall–Kier alpha value is -0.120. The van der Waals surface area contributed by atoms with Gasteiger partial charge in [-0.15, -0.1) is 0 Å². The monoisotopic (exact) mass is 254 g/mol. The zero-order chi connectivity index (χ0) is 13.0. The van der Waals surface area contributed by atoms with E-state index in [0.717, 1.165) is 37.5 Å². The van der Waals surface area contributed by atoms with Gasteiger partial charge in [-0.1, -0.05) is 13.8 Å². The molecule has 1 saturated heterocycles. The van der Waals surface area contributed by atoms with Gasteiger partial charge in [0.15, 0.2) is 0 Å². The van der Waals surface area contributed by atoms with Crippen molar-refractivity contribution in [2.75, 3.05) is 39.3 Å². The maximum atomic E-state index is 9.03. The highest BCUT2D eigenvalue weighted by Gasteiger charge is 2.29. The molecule has 0 spiro atoms. The van der Waals surface area contributed by atoms with Crippen LogP contribution in [0.2, 0.25) is 0 Å². The molecule has 1 aliphatic heterocycles. The lowest BCUT2D eigenvalue weighted by molar-refractivity contribution is 0.110. The molecule has 2 rings (SSSR count). The molecule has 3 nitrogen and oxygen atoms in total. The number of β-amino-alcohol motifs (C(OH)–C–C–N with tert-alkyl or cyclic N) is 1. The van der Waals surface area contributed by atoms with Crippen LogP contribution in [0.3, 0.4) is 0 Å². The molecule has 18 heavy (non-hydrogen) atoms. The molecule has 3 heteroatoms. The summed E-state index contributed by atoms with van der Waals surface area (Å²) in [6.07, 6.45) is 5.45. The van der Waals surface area contributed by atoms with Gasteiger partial charge >= 0.3 is 0 Å². The van der Waals surface area contributed by atoms with Crippen molar-refractivity contribution in [2.24, 2.45) is 11.8 Å². The first kappa shape index (κ1) is 14.3. The van der Waals surface area contributed by atoms with E-state index in [1.54, 1.807) is 0 Å². The van der Waals surface area contributed by atoms with E-state index >= 15 is 0 Å². The van der Waals surface area contributed by atoms with Gasteiger partial charge in [0.2, 0.25) is 0 Å². The maximum absolute atomic E-state index is 9.03. The van der Waals surface area contributed by atoms with Crippen LogP contribution in [0.25, 0.3) is 0 Å². The minimum atomic E-state index is 0.304. The number of hydrogen-bond donors (Lipinski definition) is 1. The first-order chi connectivity index (χ1) is 8.70. The SMILES string of the molecule is CC1CCC(N2CCCN(CCO)CC2)CC1C.